The van der Waals surface area contributed by atoms with Crippen LogP contribution in [0.5, 0.6) is 0 Å². The van der Waals surface area contributed by atoms with E-state index < -0.39 is 23.1 Å². The molecule has 2 aromatic carbocycles. The summed E-state index contributed by atoms with van der Waals surface area (Å²) in [6, 6.07) is 16.3. The smallest absolute Gasteiger partial charge is 0.407 e. The zero-order valence-electron chi connectivity index (χ0n) is 18.7. The predicted octanol–water partition coefficient (Wildman–Crippen LogP) is 3.91. The van der Waals surface area contributed by atoms with Crippen molar-refractivity contribution in [2.24, 2.45) is 0 Å². The van der Waals surface area contributed by atoms with Crippen LogP contribution in [0, 0.1) is 0 Å². The Morgan fingerprint density at radius 2 is 1.64 bits per heavy atom. The normalized spacial score (nSPS) is 22.4. The molecule has 1 atom stereocenters. The van der Waals surface area contributed by atoms with Crippen LogP contribution in [0.3, 0.4) is 0 Å². The third-order valence-electron chi connectivity index (χ3n) is 7.46. The standard InChI is InChI=1S/C26H28N2O5/c1-25(23(30)31)11-6-14-28(25)22(29)15-26(12-13-26)27-24(32)33-16-21-19-9-4-2-7-17(19)18-8-3-5-10-20(18)21/h2-5,7-10,21H,6,11-16H2,1H3,(H,27,32)(H,30,31)/t25-/m0/s1. The van der Waals surface area contributed by atoms with E-state index in [-0.39, 0.29) is 24.9 Å². The Labute approximate surface area is 192 Å². The van der Waals surface area contributed by atoms with Crippen LogP contribution in [-0.2, 0) is 14.3 Å². The molecule has 0 bridgehead atoms. The molecule has 1 saturated heterocycles. The maximum atomic E-state index is 12.9. The number of ether oxygens (including phenoxy) is 1. The van der Waals surface area contributed by atoms with Gasteiger partial charge in [-0.25, -0.2) is 9.59 Å². The number of carboxylic acid groups (broad SMARTS) is 1. The van der Waals surface area contributed by atoms with Crippen LogP contribution in [0.2, 0.25) is 0 Å². The number of carbonyl (C=O) groups excluding carboxylic acids is 2. The third kappa shape index (κ3) is 3.75. The van der Waals surface area contributed by atoms with E-state index in [9.17, 15) is 19.5 Å². The van der Waals surface area contributed by atoms with Gasteiger partial charge in [-0.1, -0.05) is 48.5 Å². The molecule has 0 spiro atoms. The number of likely N-dealkylation sites (tertiary alicyclic amines) is 1. The molecule has 1 saturated carbocycles. The Kier molecular flexibility index (Phi) is 5.15. The fourth-order valence-electron chi connectivity index (χ4n) is 5.32. The van der Waals surface area contributed by atoms with Crippen molar-refractivity contribution in [2.75, 3.05) is 13.2 Å². The summed E-state index contributed by atoms with van der Waals surface area (Å²) in [4.78, 5) is 38.7. The highest BCUT2D eigenvalue weighted by molar-refractivity contribution is 5.88. The monoisotopic (exact) mass is 448 g/mol. The van der Waals surface area contributed by atoms with Crippen molar-refractivity contribution in [1.82, 2.24) is 10.2 Å². The number of nitrogens with zero attached hydrogens (tertiary/aromatic N) is 1. The zero-order chi connectivity index (χ0) is 23.2. The largest absolute Gasteiger partial charge is 0.480 e. The van der Waals surface area contributed by atoms with Gasteiger partial charge in [-0.05, 0) is 54.9 Å². The summed E-state index contributed by atoms with van der Waals surface area (Å²) >= 11 is 0. The SMILES string of the molecule is C[C@@]1(C(=O)O)CCCN1C(=O)CC1(NC(=O)OCC2c3ccccc3-c3ccccc32)CC1. The van der Waals surface area contributed by atoms with Gasteiger partial charge in [0.1, 0.15) is 12.1 Å². The van der Waals surface area contributed by atoms with Crippen LogP contribution in [-0.4, -0.2) is 52.2 Å². The fourth-order valence-corrected chi connectivity index (χ4v) is 5.32. The van der Waals surface area contributed by atoms with Crippen LogP contribution >= 0.6 is 0 Å². The van der Waals surface area contributed by atoms with E-state index in [4.69, 9.17) is 4.74 Å². The Bertz CT molecular complexity index is 1080. The van der Waals surface area contributed by atoms with E-state index in [0.29, 0.717) is 32.2 Å². The number of carboxylic acids is 1. The van der Waals surface area contributed by atoms with Crippen molar-refractivity contribution in [3.8, 4) is 11.1 Å². The van der Waals surface area contributed by atoms with E-state index >= 15 is 0 Å². The number of aliphatic carboxylic acids is 1. The number of carbonyl (C=O) groups is 3. The lowest BCUT2D eigenvalue weighted by Crippen LogP contribution is -2.52. The van der Waals surface area contributed by atoms with Crippen molar-refractivity contribution in [3.63, 3.8) is 0 Å². The summed E-state index contributed by atoms with van der Waals surface area (Å²) in [5, 5.41) is 12.5. The number of nitrogens with one attached hydrogen (secondary N) is 1. The molecule has 7 heteroatoms. The molecule has 3 aliphatic rings. The van der Waals surface area contributed by atoms with Gasteiger partial charge in [-0.2, -0.15) is 0 Å². The predicted molar refractivity (Wildman–Crippen MR) is 122 cm³/mol. The van der Waals surface area contributed by atoms with E-state index in [1.54, 1.807) is 6.92 Å². The van der Waals surface area contributed by atoms with Crippen molar-refractivity contribution in [3.05, 3.63) is 59.7 Å². The number of hydrogen-bond acceptors (Lipinski definition) is 4. The van der Waals surface area contributed by atoms with E-state index in [0.717, 1.165) is 11.1 Å². The first kappa shape index (κ1) is 21.5. The first-order valence-corrected chi connectivity index (χ1v) is 11.5. The van der Waals surface area contributed by atoms with Gasteiger partial charge in [0.15, 0.2) is 0 Å². The average molecular weight is 449 g/mol. The molecular formula is C26H28N2O5. The second-order valence-electron chi connectivity index (χ2n) is 9.64. The van der Waals surface area contributed by atoms with Gasteiger partial charge in [-0.15, -0.1) is 0 Å². The van der Waals surface area contributed by atoms with E-state index in [1.165, 1.54) is 16.0 Å². The molecule has 0 aromatic heterocycles. The minimum Gasteiger partial charge on any atom is -0.480 e. The van der Waals surface area contributed by atoms with Crippen molar-refractivity contribution >= 4 is 18.0 Å². The van der Waals surface area contributed by atoms with Gasteiger partial charge < -0.3 is 20.1 Å². The number of benzene rings is 2. The zero-order valence-corrected chi connectivity index (χ0v) is 18.7. The van der Waals surface area contributed by atoms with E-state index in [2.05, 4.69) is 29.6 Å². The van der Waals surface area contributed by atoms with Crippen LogP contribution in [0.25, 0.3) is 11.1 Å². The molecule has 0 radical (unpaired) electrons. The molecular weight excluding hydrogens is 420 g/mol. The molecule has 1 heterocycles. The molecule has 2 aromatic rings. The first-order valence-electron chi connectivity index (χ1n) is 11.5. The van der Waals surface area contributed by atoms with Crippen LogP contribution in [0.15, 0.2) is 48.5 Å². The summed E-state index contributed by atoms with van der Waals surface area (Å²) in [5.41, 5.74) is 2.81. The Hall–Kier alpha value is -3.35. The minimum absolute atomic E-state index is 0.0270. The second-order valence-corrected chi connectivity index (χ2v) is 9.64. The lowest BCUT2D eigenvalue weighted by molar-refractivity contribution is -0.155. The first-order chi connectivity index (χ1) is 15.8. The quantitative estimate of drug-likeness (QED) is 0.699. The molecule has 2 amide bonds. The summed E-state index contributed by atoms with van der Waals surface area (Å²) in [7, 11) is 0. The number of amides is 2. The van der Waals surface area contributed by atoms with Crippen molar-refractivity contribution < 1.29 is 24.2 Å². The van der Waals surface area contributed by atoms with Gasteiger partial charge in [0, 0.05) is 12.5 Å². The summed E-state index contributed by atoms with van der Waals surface area (Å²) < 4.78 is 5.63. The molecule has 2 fully saturated rings. The third-order valence-corrected chi connectivity index (χ3v) is 7.46. The van der Waals surface area contributed by atoms with Crippen molar-refractivity contribution in [2.45, 2.75) is 56.0 Å². The van der Waals surface area contributed by atoms with Crippen LogP contribution in [0.4, 0.5) is 4.79 Å². The van der Waals surface area contributed by atoms with Gasteiger partial charge >= 0.3 is 12.1 Å². The van der Waals surface area contributed by atoms with Gasteiger partial charge in [-0.3, -0.25) is 4.79 Å². The van der Waals surface area contributed by atoms with Gasteiger partial charge in [0.05, 0.1) is 12.0 Å². The molecule has 7 nitrogen and oxygen atoms in total. The molecule has 2 N–H and O–H groups in total. The number of rotatable bonds is 6. The minimum atomic E-state index is -1.17. The molecule has 33 heavy (non-hydrogen) atoms. The Morgan fingerprint density at radius 3 is 2.21 bits per heavy atom. The highest BCUT2D eigenvalue weighted by Crippen LogP contribution is 2.45. The fraction of sp³-hybridized carbons (Fsp3) is 0.423. The second kappa shape index (κ2) is 7.90. The summed E-state index contributed by atoms with van der Waals surface area (Å²) in [5.74, 6) is -1.24. The molecule has 2 aliphatic carbocycles. The number of hydrogen-bond donors (Lipinski definition) is 2. The molecule has 0 unspecified atom stereocenters. The summed E-state index contributed by atoms with van der Waals surface area (Å²) in [6.07, 6.45) is 2.04. The van der Waals surface area contributed by atoms with Gasteiger partial charge in [0.25, 0.3) is 0 Å². The molecule has 172 valence electrons. The molecule has 1 aliphatic heterocycles. The Morgan fingerprint density at radius 1 is 1.03 bits per heavy atom. The average Bonchev–Trinajstić information content (AvgIpc) is 3.28. The highest BCUT2D eigenvalue weighted by Gasteiger charge is 2.51. The maximum absolute atomic E-state index is 12.9. The topological polar surface area (TPSA) is 95.9 Å². The van der Waals surface area contributed by atoms with Crippen molar-refractivity contribution in [1.29, 1.82) is 0 Å². The molecule has 5 rings (SSSR count). The number of alkyl carbamates (subject to hydrolysis) is 1. The van der Waals surface area contributed by atoms with E-state index in [1.807, 2.05) is 24.3 Å². The lowest BCUT2D eigenvalue weighted by Gasteiger charge is -2.32. The van der Waals surface area contributed by atoms with Crippen LogP contribution < -0.4 is 5.32 Å². The maximum Gasteiger partial charge on any atom is 0.407 e. The lowest BCUT2D eigenvalue weighted by atomic mass is 9.98. The number of fused-ring (bicyclic) bond motifs is 3. The van der Waals surface area contributed by atoms with Gasteiger partial charge in [0.2, 0.25) is 5.91 Å². The summed E-state index contributed by atoms with van der Waals surface area (Å²) in [6.45, 7) is 2.24. The van der Waals surface area contributed by atoms with Crippen LogP contribution in [0.1, 0.15) is 56.1 Å². The Balaban J connectivity index is 1.22. The highest BCUT2D eigenvalue weighted by atomic mass is 16.5.